The molecule has 1 saturated heterocycles. The lowest BCUT2D eigenvalue weighted by atomic mass is 9.96. The van der Waals surface area contributed by atoms with Crippen LogP contribution in [-0.2, 0) is 7.05 Å². The first-order chi connectivity index (χ1) is 8.79. The smallest absolute Gasteiger partial charge is 0.120 e. The molecule has 1 unspecified atom stereocenters. The number of nitrogens with zero attached hydrogens (tertiary/aromatic N) is 1. The molecule has 0 amide bonds. The average Bonchev–Trinajstić information content (AvgIpc) is 2.77. The van der Waals surface area contributed by atoms with Crippen LogP contribution < -0.4 is 10.1 Å². The van der Waals surface area contributed by atoms with Gasteiger partial charge >= 0.3 is 0 Å². The fourth-order valence-corrected chi connectivity index (χ4v) is 2.95. The van der Waals surface area contributed by atoms with Crippen molar-refractivity contribution in [1.82, 2.24) is 9.88 Å². The molecule has 3 heteroatoms. The van der Waals surface area contributed by atoms with Crippen molar-refractivity contribution in [2.75, 3.05) is 20.2 Å². The van der Waals surface area contributed by atoms with Crippen LogP contribution in [0.15, 0.2) is 24.3 Å². The standard InChI is InChI=1S/C15H20N2O/c1-17-14(12-4-3-7-16-10-12)8-11-5-6-13(18-2)9-15(11)17/h5-6,8-9,12,16H,3-4,7,10H2,1-2H3. The van der Waals surface area contributed by atoms with E-state index in [1.54, 1.807) is 7.11 Å². The Hall–Kier alpha value is -1.48. The van der Waals surface area contributed by atoms with Crippen LogP contribution in [0.5, 0.6) is 5.75 Å². The zero-order chi connectivity index (χ0) is 12.5. The molecular formula is C15H20N2O. The van der Waals surface area contributed by atoms with Crippen molar-refractivity contribution in [3.05, 3.63) is 30.0 Å². The monoisotopic (exact) mass is 244 g/mol. The highest BCUT2D eigenvalue weighted by molar-refractivity contribution is 5.83. The van der Waals surface area contributed by atoms with E-state index >= 15 is 0 Å². The normalized spacial score (nSPS) is 20.2. The van der Waals surface area contributed by atoms with Crippen molar-refractivity contribution in [2.45, 2.75) is 18.8 Å². The summed E-state index contributed by atoms with van der Waals surface area (Å²) in [6, 6.07) is 8.63. The molecule has 96 valence electrons. The lowest BCUT2D eigenvalue weighted by Crippen LogP contribution is -2.29. The minimum Gasteiger partial charge on any atom is -0.497 e. The Morgan fingerprint density at radius 3 is 2.94 bits per heavy atom. The van der Waals surface area contributed by atoms with E-state index in [0.29, 0.717) is 5.92 Å². The van der Waals surface area contributed by atoms with E-state index in [4.69, 9.17) is 4.74 Å². The predicted molar refractivity (Wildman–Crippen MR) is 74.3 cm³/mol. The SMILES string of the molecule is COc1ccc2cc(C3CCCNC3)n(C)c2c1. The number of hydrogen-bond donors (Lipinski definition) is 1. The molecule has 1 aromatic carbocycles. The molecule has 3 rings (SSSR count). The summed E-state index contributed by atoms with van der Waals surface area (Å²) in [7, 11) is 3.88. The number of hydrogen-bond acceptors (Lipinski definition) is 2. The van der Waals surface area contributed by atoms with E-state index < -0.39 is 0 Å². The summed E-state index contributed by atoms with van der Waals surface area (Å²) in [6.07, 6.45) is 2.56. The Morgan fingerprint density at radius 2 is 2.22 bits per heavy atom. The summed E-state index contributed by atoms with van der Waals surface area (Å²) in [5.41, 5.74) is 2.69. The van der Waals surface area contributed by atoms with Crippen LogP contribution in [0.25, 0.3) is 10.9 Å². The van der Waals surface area contributed by atoms with Crippen molar-refractivity contribution in [2.24, 2.45) is 7.05 Å². The summed E-state index contributed by atoms with van der Waals surface area (Å²) in [5.74, 6) is 1.57. The molecule has 2 aromatic rings. The molecule has 0 saturated carbocycles. The van der Waals surface area contributed by atoms with E-state index in [-0.39, 0.29) is 0 Å². The molecule has 0 aliphatic carbocycles. The fraction of sp³-hybridized carbons (Fsp3) is 0.467. The van der Waals surface area contributed by atoms with Gasteiger partial charge in [-0.1, -0.05) is 0 Å². The minimum absolute atomic E-state index is 0.641. The number of piperidine rings is 1. The topological polar surface area (TPSA) is 26.2 Å². The number of benzene rings is 1. The molecule has 1 aliphatic heterocycles. The van der Waals surface area contributed by atoms with Crippen molar-refractivity contribution in [3.63, 3.8) is 0 Å². The first-order valence-electron chi connectivity index (χ1n) is 6.63. The van der Waals surface area contributed by atoms with Crippen LogP contribution >= 0.6 is 0 Å². The lowest BCUT2D eigenvalue weighted by Gasteiger charge is -2.23. The van der Waals surface area contributed by atoms with Crippen LogP contribution in [0.4, 0.5) is 0 Å². The van der Waals surface area contributed by atoms with Gasteiger partial charge in [0.05, 0.1) is 12.6 Å². The maximum absolute atomic E-state index is 5.31. The number of ether oxygens (including phenoxy) is 1. The molecule has 1 aromatic heterocycles. The first-order valence-corrected chi connectivity index (χ1v) is 6.63. The van der Waals surface area contributed by atoms with Crippen LogP contribution in [0, 0.1) is 0 Å². The second-order valence-corrected chi connectivity index (χ2v) is 5.10. The van der Waals surface area contributed by atoms with E-state index in [9.17, 15) is 0 Å². The van der Waals surface area contributed by atoms with Crippen molar-refractivity contribution in [3.8, 4) is 5.75 Å². The summed E-state index contributed by atoms with van der Waals surface area (Å²) in [5, 5.41) is 4.79. The van der Waals surface area contributed by atoms with Gasteiger partial charge in [-0.3, -0.25) is 0 Å². The highest BCUT2D eigenvalue weighted by Crippen LogP contribution is 2.30. The molecule has 3 nitrogen and oxygen atoms in total. The van der Waals surface area contributed by atoms with Gasteiger partial charge in [-0.25, -0.2) is 0 Å². The molecule has 0 radical (unpaired) electrons. The van der Waals surface area contributed by atoms with Gasteiger partial charge in [0.25, 0.3) is 0 Å². The first kappa shape index (κ1) is 11.6. The minimum atomic E-state index is 0.641. The van der Waals surface area contributed by atoms with Gasteiger partial charge in [0.2, 0.25) is 0 Å². The lowest BCUT2D eigenvalue weighted by molar-refractivity contribution is 0.415. The third-order valence-electron chi connectivity index (χ3n) is 4.00. The average molecular weight is 244 g/mol. The van der Waals surface area contributed by atoms with Crippen molar-refractivity contribution < 1.29 is 4.74 Å². The Morgan fingerprint density at radius 1 is 1.33 bits per heavy atom. The fourth-order valence-electron chi connectivity index (χ4n) is 2.95. The van der Waals surface area contributed by atoms with Gasteiger partial charge in [0, 0.05) is 36.7 Å². The number of aryl methyl sites for hydroxylation is 1. The maximum atomic E-state index is 5.31. The maximum Gasteiger partial charge on any atom is 0.120 e. The number of aromatic nitrogens is 1. The number of rotatable bonds is 2. The Balaban J connectivity index is 2.04. The molecule has 18 heavy (non-hydrogen) atoms. The second-order valence-electron chi connectivity index (χ2n) is 5.10. The Labute approximate surface area is 108 Å². The second kappa shape index (κ2) is 4.65. The zero-order valence-electron chi connectivity index (χ0n) is 11.1. The van der Waals surface area contributed by atoms with Gasteiger partial charge in [-0.05, 0) is 37.6 Å². The molecule has 1 fully saturated rings. The Bertz CT molecular complexity index is 553. The van der Waals surface area contributed by atoms with Crippen molar-refractivity contribution >= 4 is 10.9 Å². The molecular weight excluding hydrogens is 224 g/mol. The number of fused-ring (bicyclic) bond motifs is 1. The highest BCUT2D eigenvalue weighted by atomic mass is 16.5. The molecule has 1 aliphatic rings. The molecule has 0 spiro atoms. The number of nitrogens with one attached hydrogen (secondary N) is 1. The van der Waals surface area contributed by atoms with Gasteiger partial charge in [-0.2, -0.15) is 0 Å². The predicted octanol–water partition coefficient (Wildman–Crippen LogP) is 2.65. The van der Waals surface area contributed by atoms with Gasteiger partial charge < -0.3 is 14.6 Å². The highest BCUT2D eigenvalue weighted by Gasteiger charge is 2.19. The zero-order valence-corrected chi connectivity index (χ0v) is 11.1. The summed E-state index contributed by atoms with van der Waals surface area (Å²) in [4.78, 5) is 0. The quantitative estimate of drug-likeness (QED) is 0.879. The molecule has 1 N–H and O–H groups in total. The van der Waals surface area contributed by atoms with Crippen molar-refractivity contribution in [1.29, 1.82) is 0 Å². The summed E-state index contributed by atoms with van der Waals surface area (Å²) in [6.45, 7) is 2.26. The van der Waals surface area contributed by atoms with E-state index in [2.05, 4.69) is 35.1 Å². The van der Waals surface area contributed by atoms with E-state index in [0.717, 1.165) is 18.8 Å². The summed E-state index contributed by atoms with van der Waals surface area (Å²) >= 11 is 0. The third kappa shape index (κ3) is 1.89. The van der Waals surface area contributed by atoms with Gasteiger partial charge in [0.1, 0.15) is 5.75 Å². The van der Waals surface area contributed by atoms with Crippen LogP contribution in [-0.4, -0.2) is 24.8 Å². The summed E-state index contributed by atoms with van der Waals surface area (Å²) < 4.78 is 7.62. The molecule has 0 bridgehead atoms. The van der Waals surface area contributed by atoms with Crippen LogP contribution in [0.3, 0.4) is 0 Å². The van der Waals surface area contributed by atoms with E-state index in [1.165, 1.54) is 29.4 Å². The third-order valence-corrected chi connectivity index (χ3v) is 4.00. The van der Waals surface area contributed by atoms with Gasteiger partial charge in [-0.15, -0.1) is 0 Å². The van der Waals surface area contributed by atoms with Gasteiger partial charge in [0.15, 0.2) is 0 Å². The van der Waals surface area contributed by atoms with Crippen LogP contribution in [0.1, 0.15) is 24.5 Å². The van der Waals surface area contributed by atoms with Crippen LogP contribution in [0.2, 0.25) is 0 Å². The van der Waals surface area contributed by atoms with E-state index in [1.807, 2.05) is 6.07 Å². The molecule has 2 heterocycles. The largest absolute Gasteiger partial charge is 0.497 e. The Kier molecular flexibility index (Phi) is 3.00. The molecule has 1 atom stereocenters. The number of methoxy groups -OCH3 is 1.